The number of fused-ring (bicyclic) bond motifs is 5. The van der Waals surface area contributed by atoms with Crippen molar-refractivity contribution < 1.29 is 19.4 Å². The number of benzene rings is 1. The van der Waals surface area contributed by atoms with E-state index >= 15 is 0 Å². The van der Waals surface area contributed by atoms with Gasteiger partial charge in [-0.1, -0.05) is 26.0 Å². The van der Waals surface area contributed by atoms with Gasteiger partial charge in [-0.25, -0.2) is 4.79 Å². The van der Waals surface area contributed by atoms with Crippen molar-refractivity contribution in [3.05, 3.63) is 58.4 Å². The third-order valence-corrected chi connectivity index (χ3v) is 6.95. The van der Waals surface area contributed by atoms with E-state index in [1.807, 2.05) is 23.4 Å². The number of carbonyl (C=O) groups excluding carboxylic acids is 1. The van der Waals surface area contributed by atoms with Crippen molar-refractivity contribution in [1.82, 2.24) is 14.8 Å². The number of nitrogens with zero attached hydrogens (tertiary/aromatic N) is 2. The number of carboxylic acids is 1. The Hall–Kier alpha value is -3.32. The van der Waals surface area contributed by atoms with Crippen LogP contribution in [0.2, 0.25) is 0 Å². The maximum Gasteiger partial charge on any atom is 0.335 e. The molecule has 0 aliphatic carbocycles. The van der Waals surface area contributed by atoms with Crippen LogP contribution in [0.5, 0.6) is 0 Å². The molecule has 2 N–H and O–H groups in total. The summed E-state index contributed by atoms with van der Waals surface area (Å²) >= 11 is 0. The molecular formula is C26H29N3O4. The van der Waals surface area contributed by atoms with Crippen LogP contribution >= 0.6 is 0 Å². The summed E-state index contributed by atoms with van der Waals surface area (Å²) in [6, 6.07) is 5.31. The molecule has 1 atom stereocenters. The summed E-state index contributed by atoms with van der Waals surface area (Å²) in [6.07, 6.45) is 7.64. The van der Waals surface area contributed by atoms with Crippen LogP contribution in [0, 0.1) is 0 Å². The second-order valence-corrected chi connectivity index (χ2v) is 8.91. The van der Waals surface area contributed by atoms with Gasteiger partial charge in [0, 0.05) is 55.0 Å². The van der Waals surface area contributed by atoms with Gasteiger partial charge in [-0.05, 0) is 35.6 Å². The summed E-state index contributed by atoms with van der Waals surface area (Å²) in [6.45, 7) is 7.36. The van der Waals surface area contributed by atoms with Crippen LogP contribution < -0.4 is 5.32 Å². The van der Waals surface area contributed by atoms with Crippen LogP contribution in [0.25, 0.3) is 22.7 Å². The van der Waals surface area contributed by atoms with Gasteiger partial charge >= 0.3 is 5.97 Å². The van der Waals surface area contributed by atoms with Crippen molar-refractivity contribution in [1.29, 1.82) is 0 Å². The standard InChI is InChI=1S/C26H29N3O4/c1-3-16(2)23-20-5-4-18(26(31)32)13-22(20)29-15-19(25(30)28-8-10-33-11-9-28)12-17-6-7-27-14-21(17)24(23)29/h4-6,13-16,27H,3,7-12H2,1-2H3,(H,31,32). The molecule has 0 bridgehead atoms. The van der Waals surface area contributed by atoms with Crippen LogP contribution in [0.15, 0.2) is 41.6 Å². The number of morpholine rings is 1. The molecule has 5 rings (SSSR count). The molecule has 7 heteroatoms. The molecule has 2 aromatic rings. The first-order valence-electron chi connectivity index (χ1n) is 11.6. The summed E-state index contributed by atoms with van der Waals surface area (Å²) in [5, 5.41) is 14.0. The van der Waals surface area contributed by atoms with E-state index in [0.717, 1.165) is 40.7 Å². The maximum absolute atomic E-state index is 13.5. The SMILES string of the molecule is CCC(C)c1c2n(c3cc(C(=O)O)ccc13)C=C(C(=O)N1CCOCC1)CC1=CCNC=C12. The Morgan fingerprint density at radius 1 is 1.24 bits per heavy atom. The zero-order chi connectivity index (χ0) is 23.1. The fourth-order valence-corrected chi connectivity index (χ4v) is 5.02. The fourth-order valence-electron chi connectivity index (χ4n) is 5.02. The van der Waals surface area contributed by atoms with Crippen LogP contribution in [-0.4, -0.2) is 59.3 Å². The first-order chi connectivity index (χ1) is 16.0. The Kier molecular flexibility index (Phi) is 5.58. The van der Waals surface area contributed by atoms with Gasteiger partial charge in [0.15, 0.2) is 0 Å². The molecule has 1 fully saturated rings. The highest BCUT2D eigenvalue weighted by Crippen LogP contribution is 2.43. The molecular weight excluding hydrogens is 418 g/mol. The van der Waals surface area contributed by atoms with Gasteiger partial charge in [0.25, 0.3) is 5.91 Å². The smallest absolute Gasteiger partial charge is 0.335 e. The minimum atomic E-state index is -0.959. The number of allylic oxidation sites excluding steroid dienone is 2. The third kappa shape index (κ3) is 3.66. The Morgan fingerprint density at radius 3 is 2.76 bits per heavy atom. The molecule has 1 aromatic carbocycles. The Balaban J connectivity index is 1.78. The number of hydrogen-bond donors (Lipinski definition) is 2. The van der Waals surface area contributed by atoms with Gasteiger partial charge in [0.1, 0.15) is 0 Å². The van der Waals surface area contributed by atoms with Crippen molar-refractivity contribution >= 4 is 34.6 Å². The zero-order valence-corrected chi connectivity index (χ0v) is 19.1. The van der Waals surface area contributed by atoms with Crippen LogP contribution in [0.3, 0.4) is 0 Å². The van der Waals surface area contributed by atoms with E-state index in [4.69, 9.17) is 4.74 Å². The van der Waals surface area contributed by atoms with Crippen LogP contribution in [-0.2, 0) is 9.53 Å². The molecule has 1 unspecified atom stereocenters. The topological polar surface area (TPSA) is 83.8 Å². The molecule has 0 spiro atoms. The maximum atomic E-state index is 13.5. The third-order valence-electron chi connectivity index (χ3n) is 6.95. The van der Waals surface area contributed by atoms with Gasteiger partial charge in [0.05, 0.1) is 30.0 Å². The largest absolute Gasteiger partial charge is 0.478 e. The number of ether oxygens (including phenoxy) is 1. The summed E-state index contributed by atoms with van der Waals surface area (Å²) in [7, 11) is 0. The highest BCUT2D eigenvalue weighted by Gasteiger charge is 2.31. The number of carbonyl (C=O) groups is 2. The summed E-state index contributed by atoms with van der Waals surface area (Å²) in [5.41, 5.74) is 6.22. The molecule has 1 aromatic heterocycles. The van der Waals surface area contributed by atoms with Crippen molar-refractivity contribution in [2.75, 3.05) is 32.8 Å². The average Bonchev–Trinajstić information content (AvgIpc) is 3.06. The molecule has 0 saturated carbocycles. The number of carboxylic acid groups (broad SMARTS) is 1. The molecule has 4 heterocycles. The van der Waals surface area contributed by atoms with Gasteiger partial charge in [0.2, 0.25) is 0 Å². The van der Waals surface area contributed by atoms with Crippen LogP contribution in [0.4, 0.5) is 0 Å². The van der Waals surface area contributed by atoms with E-state index in [1.54, 1.807) is 12.1 Å². The average molecular weight is 448 g/mol. The number of aromatic nitrogens is 1. The monoisotopic (exact) mass is 447 g/mol. The molecule has 7 nitrogen and oxygen atoms in total. The van der Waals surface area contributed by atoms with E-state index < -0.39 is 5.97 Å². The fraction of sp³-hybridized carbons (Fsp3) is 0.385. The lowest BCUT2D eigenvalue weighted by atomic mass is 9.88. The predicted molar refractivity (Wildman–Crippen MR) is 128 cm³/mol. The molecule has 1 amide bonds. The van der Waals surface area contributed by atoms with E-state index in [9.17, 15) is 14.7 Å². The Labute approximate surface area is 193 Å². The lowest BCUT2D eigenvalue weighted by molar-refractivity contribution is -0.131. The molecule has 3 aliphatic rings. The Morgan fingerprint density at radius 2 is 2.03 bits per heavy atom. The quantitative estimate of drug-likeness (QED) is 0.744. The first-order valence-corrected chi connectivity index (χ1v) is 11.6. The van der Waals surface area contributed by atoms with Gasteiger partial charge < -0.3 is 24.6 Å². The number of hydrogen-bond acceptors (Lipinski definition) is 4. The molecule has 0 radical (unpaired) electrons. The van der Waals surface area contributed by atoms with Crippen molar-refractivity contribution in [2.45, 2.75) is 32.6 Å². The van der Waals surface area contributed by atoms with Crippen molar-refractivity contribution in [3.63, 3.8) is 0 Å². The Bertz CT molecular complexity index is 1230. The number of aromatic carboxylic acids is 1. The van der Waals surface area contributed by atoms with E-state index in [0.29, 0.717) is 38.3 Å². The summed E-state index contributed by atoms with van der Waals surface area (Å²) in [5.74, 6) is -0.668. The zero-order valence-electron chi connectivity index (χ0n) is 19.1. The lowest BCUT2D eigenvalue weighted by Gasteiger charge is -2.28. The minimum absolute atomic E-state index is 0.0197. The summed E-state index contributed by atoms with van der Waals surface area (Å²) in [4.78, 5) is 27.1. The lowest BCUT2D eigenvalue weighted by Crippen LogP contribution is -2.41. The number of dihydropyridines is 1. The van der Waals surface area contributed by atoms with Crippen molar-refractivity contribution in [2.24, 2.45) is 0 Å². The van der Waals surface area contributed by atoms with E-state index in [2.05, 4.69) is 29.8 Å². The second kappa shape index (κ2) is 8.56. The molecule has 1 saturated heterocycles. The van der Waals surface area contributed by atoms with Gasteiger partial charge in [-0.15, -0.1) is 0 Å². The van der Waals surface area contributed by atoms with E-state index in [1.165, 1.54) is 5.56 Å². The number of rotatable bonds is 4. The minimum Gasteiger partial charge on any atom is -0.478 e. The molecule has 3 aliphatic heterocycles. The number of amides is 1. The highest BCUT2D eigenvalue weighted by molar-refractivity contribution is 6.04. The normalized spacial score (nSPS) is 18.8. The highest BCUT2D eigenvalue weighted by atomic mass is 16.5. The van der Waals surface area contributed by atoms with Gasteiger partial charge in [-0.2, -0.15) is 0 Å². The van der Waals surface area contributed by atoms with Gasteiger partial charge in [-0.3, -0.25) is 4.79 Å². The second-order valence-electron chi connectivity index (χ2n) is 8.91. The predicted octanol–water partition coefficient (Wildman–Crippen LogP) is 3.83. The van der Waals surface area contributed by atoms with E-state index in [-0.39, 0.29) is 17.4 Å². The molecule has 33 heavy (non-hydrogen) atoms. The number of nitrogens with one attached hydrogen (secondary N) is 1. The summed E-state index contributed by atoms with van der Waals surface area (Å²) < 4.78 is 7.49. The van der Waals surface area contributed by atoms with Crippen molar-refractivity contribution in [3.8, 4) is 0 Å². The van der Waals surface area contributed by atoms with Crippen LogP contribution in [0.1, 0.15) is 54.2 Å². The molecule has 172 valence electrons. The first kappa shape index (κ1) is 21.5.